The number of nitrogens with one attached hydrogen (secondary N) is 2. The van der Waals surface area contributed by atoms with Crippen LogP contribution < -0.4 is 10.6 Å². The summed E-state index contributed by atoms with van der Waals surface area (Å²) in [7, 11) is 0. The van der Waals surface area contributed by atoms with E-state index in [0.29, 0.717) is 17.1 Å². The number of amides is 3. The molecule has 2 aliphatic heterocycles. The van der Waals surface area contributed by atoms with Crippen LogP contribution in [0.3, 0.4) is 0 Å². The van der Waals surface area contributed by atoms with Crippen LogP contribution in [0.25, 0.3) is 0 Å². The van der Waals surface area contributed by atoms with E-state index < -0.39 is 29.9 Å². The molecule has 9 nitrogen and oxygen atoms in total. The third-order valence-electron chi connectivity index (χ3n) is 6.47. The fourth-order valence-corrected chi connectivity index (χ4v) is 4.93. The first-order chi connectivity index (χ1) is 16.4. The van der Waals surface area contributed by atoms with E-state index in [1.807, 2.05) is 0 Å². The van der Waals surface area contributed by atoms with Gasteiger partial charge in [-0.1, -0.05) is 36.6 Å². The molecule has 0 aromatic heterocycles. The van der Waals surface area contributed by atoms with Gasteiger partial charge in [0.2, 0.25) is 5.91 Å². The van der Waals surface area contributed by atoms with Crippen LogP contribution in [0.1, 0.15) is 50.6 Å². The van der Waals surface area contributed by atoms with Gasteiger partial charge in [-0.15, -0.1) is 0 Å². The highest BCUT2D eigenvalue weighted by Crippen LogP contribution is 2.31. The lowest BCUT2D eigenvalue weighted by atomic mass is 9.95. The predicted molar refractivity (Wildman–Crippen MR) is 123 cm³/mol. The van der Waals surface area contributed by atoms with Crippen molar-refractivity contribution in [3.63, 3.8) is 0 Å². The maximum absolute atomic E-state index is 12.8. The predicted octanol–water partition coefficient (Wildman–Crippen LogP) is 2.85. The highest BCUT2D eigenvalue weighted by Gasteiger charge is 2.40. The summed E-state index contributed by atoms with van der Waals surface area (Å²) in [5.41, 5.74) is 0.916. The van der Waals surface area contributed by atoms with Crippen molar-refractivity contribution < 1.29 is 28.7 Å². The van der Waals surface area contributed by atoms with Gasteiger partial charge >= 0.3 is 18.0 Å². The molecule has 0 spiro atoms. The summed E-state index contributed by atoms with van der Waals surface area (Å²) in [4.78, 5) is 52.2. The van der Waals surface area contributed by atoms with E-state index >= 15 is 0 Å². The number of benzene rings is 1. The maximum Gasteiger partial charge on any atom is 0.338 e. The Labute approximate surface area is 202 Å². The van der Waals surface area contributed by atoms with Gasteiger partial charge in [0.25, 0.3) is 0 Å². The third-order valence-corrected chi connectivity index (χ3v) is 6.72. The van der Waals surface area contributed by atoms with Crippen LogP contribution in [0.15, 0.2) is 35.5 Å². The van der Waals surface area contributed by atoms with Crippen LogP contribution in [0.4, 0.5) is 4.79 Å². The lowest BCUT2D eigenvalue weighted by Gasteiger charge is -2.29. The molecule has 0 radical (unpaired) electrons. The highest BCUT2D eigenvalue weighted by atomic mass is 35.5. The SMILES string of the molecule is CCOC(=O)C1=C(COC(=O)[C@@H]2CC(=O)N(C3CCCC3)C2)NC(=O)N[C@H]1c1ccc(Cl)cc1. The van der Waals surface area contributed by atoms with Gasteiger partial charge in [0.15, 0.2) is 0 Å². The van der Waals surface area contributed by atoms with E-state index in [-0.39, 0.29) is 42.9 Å². The largest absolute Gasteiger partial charge is 0.463 e. The van der Waals surface area contributed by atoms with Crippen molar-refractivity contribution >= 4 is 35.5 Å². The van der Waals surface area contributed by atoms with Gasteiger partial charge < -0.3 is 25.0 Å². The Hall–Kier alpha value is -3.07. The lowest BCUT2D eigenvalue weighted by molar-refractivity contribution is -0.148. The van der Waals surface area contributed by atoms with Crippen molar-refractivity contribution in [1.82, 2.24) is 15.5 Å². The molecule has 0 unspecified atom stereocenters. The number of carbonyl (C=O) groups is 4. The fraction of sp³-hybridized carbons (Fsp3) is 0.500. The van der Waals surface area contributed by atoms with Gasteiger partial charge in [0, 0.05) is 24.0 Å². The summed E-state index contributed by atoms with van der Waals surface area (Å²) >= 11 is 5.98. The number of carbonyl (C=O) groups excluding carboxylic acids is 4. The van der Waals surface area contributed by atoms with E-state index in [0.717, 1.165) is 25.7 Å². The minimum Gasteiger partial charge on any atom is -0.463 e. The molecule has 1 aliphatic carbocycles. The molecule has 3 amide bonds. The summed E-state index contributed by atoms with van der Waals surface area (Å²) in [6, 6.07) is 5.56. The average Bonchev–Trinajstić information content (AvgIpc) is 3.47. The van der Waals surface area contributed by atoms with Crippen molar-refractivity contribution in [3.05, 3.63) is 46.1 Å². The van der Waals surface area contributed by atoms with Crippen molar-refractivity contribution in [2.45, 2.75) is 51.1 Å². The third kappa shape index (κ3) is 5.19. The number of nitrogens with zero attached hydrogens (tertiary/aromatic N) is 1. The number of esters is 2. The van der Waals surface area contributed by atoms with Crippen molar-refractivity contribution in [1.29, 1.82) is 0 Å². The summed E-state index contributed by atoms with van der Waals surface area (Å²) in [5, 5.41) is 5.80. The van der Waals surface area contributed by atoms with Gasteiger partial charge in [0.05, 0.1) is 29.8 Å². The molecular formula is C24H28ClN3O6. The number of urea groups is 1. The number of halogens is 1. The Morgan fingerprint density at radius 1 is 1.12 bits per heavy atom. The molecule has 10 heteroatoms. The van der Waals surface area contributed by atoms with Crippen molar-refractivity contribution in [3.8, 4) is 0 Å². The summed E-state index contributed by atoms with van der Waals surface area (Å²) < 4.78 is 10.7. The Bertz CT molecular complexity index is 1000. The van der Waals surface area contributed by atoms with Crippen LogP contribution in [0.2, 0.25) is 5.02 Å². The first-order valence-electron chi connectivity index (χ1n) is 11.6. The summed E-state index contributed by atoms with van der Waals surface area (Å²) in [6.07, 6.45) is 4.23. The molecule has 1 saturated carbocycles. The molecule has 3 aliphatic rings. The molecule has 182 valence electrons. The van der Waals surface area contributed by atoms with E-state index in [1.54, 1.807) is 36.1 Å². The molecule has 2 heterocycles. The minimum atomic E-state index is -0.801. The molecule has 0 bridgehead atoms. The molecule has 1 aromatic carbocycles. The molecule has 1 saturated heterocycles. The molecule has 1 aromatic rings. The van der Waals surface area contributed by atoms with E-state index in [1.165, 1.54) is 0 Å². The van der Waals surface area contributed by atoms with Crippen molar-refractivity contribution in [2.75, 3.05) is 19.8 Å². The molecule has 2 N–H and O–H groups in total. The number of likely N-dealkylation sites (tertiary alicyclic amines) is 1. The Kier molecular flexibility index (Phi) is 7.41. The van der Waals surface area contributed by atoms with E-state index in [4.69, 9.17) is 21.1 Å². The van der Waals surface area contributed by atoms with Crippen LogP contribution in [-0.2, 0) is 23.9 Å². The standard InChI is InChI=1S/C24H28ClN3O6/c1-2-33-23(31)20-18(26-24(32)27-21(20)14-7-9-16(25)10-8-14)13-34-22(30)15-11-19(29)28(12-15)17-5-3-4-6-17/h7-10,15,17,21H,2-6,11-13H2,1H3,(H2,26,27,32)/t15-,21+/m1/s1. The fourth-order valence-electron chi connectivity index (χ4n) is 4.81. The number of rotatable bonds is 7. The van der Waals surface area contributed by atoms with Gasteiger partial charge in [-0.05, 0) is 37.5 Å². The quantitative estimate of drug-likeness (QED) is 0.569. The monoisotopic (exact) mass is 489 g/mol. The Morgan fingerprint density at radius 2 is 1.82 bits per heavy atom. The summed E-state index contributed by atoms with van der Waals surface area (Å²) in [5.74, 6) is -1.76. The Balaban J connectivity index is 1.51. The topological polar surface area (TPSA) is 114 Å². The number of hydrogen-bond acceptors (Lipinski definition) is 6. The maximum atomic E-state index is 12.8. The van der Waals surface area contributed by atoms with E-state index in [9.17, 15) is 19.2 Å². The Morgan fingerprint density at radius 3 is 2.50 bits per heavy atom. The van der Waals surface area contributed by atoms with Gasteiger partial charge in [0.1, 0.15) is 6.61 Å². The lowest BCUT2D eigenvalue weighted by Crippen LogP contribution is -2.47. The molecule has 34 heavy (non-hydrogen) atoms. The normalized spacial score (nSPS) is 23.1. The molecular weight excluding hydrogens is 462 g/mol. The second-order valence-corrected chi connectivity index (χ2v) is 9.13. The second-order valence-electron chi connectivity index (χ2n) is 8.69. The zero-order valence-corrected chi connectivity index (χ0v) is 19.7. The minimum absolute atomic E-state index is 0.0294. The van der Waals surface area contributed by atoms with Crippen molar-refractivity contribution in [2.24, 2.45) is 5.92 Å². The van der Waals surface area contributed by atoms with Gasteiger partial charge in [-0.25, -0.2) is 9.59 Å². The highest BCUT2D eigenvalue weighted by molar-refractivity contribution is 6.30. The zero-order chi connectivity index (χ0) is 24.2. The zero-order valence-electron chi connectivity index (χ0n) is 19.0. The van der Waals surface area contributed by atoms with Crippen LogP contribution >= 0.6 is 11.6 Å². The first-order valence-corrected chi connectivity index (χ1v) is 11.9. The van der Waals surface area contributed by atoms with Crippen LogP contribution in [-0.4, -0.2) is 54.6 Å². The number of hydrogen-bond donors (Lipinski definition) is 2. The van der Waals surface area contributed by atoms with Crippen LogP contribution in [0, 0.1) is 5.92 Å². The second kappa shape index (κ2) is 10.5. The molecule has 4 rings (SSSR count). The molecule has 2 atom stereocenters. The number of ether oxygens (including phenoxy) is 2. The smallest absolute Gasteiger partial charge is 0.338 e. The average molecular weight is 490 g/mol. The van der Waals surface area contributed by atoms with E-state index in [2.05, 4.69) is 10.6 Å². The van der Waals surface area contributed by atoms with Crippen LogP contribution in [0.5, 0.6) is 0 Å². The first kappa shape index (κ1) is 24.1. The van der Waals surface area contributed by atoms with Gasteiger partial charge in [-0.2, -0.15) is 0 Å². The molecule has 2 fully saturated rings. The van der Waals surface area contributed by atoms with Gasteiger partial charge in [-0.3, -0.25) is 9.59 Å². The summed E-state index contributed by atoms with van der Waals surface area (Å²) in [6.45, 7) is 1.83.